The van der Waals surface area contributed by atoms with Crippen molar-refractivity contribution in [3.05, 3.63) is 0 Å². The molecule has 6 N–H and O–H groups in total. The van der Waals surface area contributed by atoms with Gasteiger partial charge in [-0.1, -0.05) is 0 Å². The molecule has 0 saturated heterocycles. The lowest BCUT2D eigenvalue weighted by Crippen LogP contribution is -2.56. The van der Waals surface area contributed by atoms with Crippen LogP contribution in [0.4, 0.5) is 0 Å². The Morgan fingerprint density at radius 3 is 2.30 bits per heavy atom. The first kappa shape index (κ1) is 16.7. The molecule has 2 rings (SSSR count). The summed E-state index contributed by atoms with van der Waals surface area (Å²) >= 11 is 0. The van der Waals surface area contributed by atoms with Crippen LogP contribution in [0, 0.1) is 17.8 Å². The van der Waals surface area contributed by atoms with E-state index in [2.05, 4.69) is 5.32 Å². The minimum atomic E-state index is -1.70. The molecule has 2 aliphatic rings. The zero-order chi connectivity index (χ0) is 14.4. The van der Waals surface area contributed by atoms with Gasteiger partial charge in [0.25, 0.3) is 0 Å². The van der Waals surface area contributed by atoms with Crippen molar-refractivity contribution < 1.29 is 29.7 Å². The number of aliphatic hydroxyl groups is 1. The summed E-state index contributed by atoms with van der Waals surface area (Å²) in [6.45, 7) is 0.0700. The number of carbonyl (C=O) groups excluding carboxylic acids is 1. The van der Waals surface area contributed by atoms with Crippen LogP contribution in [0.25, 0.3) is 0 Å². The third-order valence-electron chi connectivity index (χ3n) is 4.02. The molecule has 9 heteroatoms. The van der Waals surface area contributed by atoms with Crippen molar-refractivity contribution in [1.29, 1.82) is 0 Å². The number of halogens is 1. The Morgan fingerprint density at radius 2 is 1.90 bits per heavy atom. The second-order valence-electron chi connectivity index (χ2n) is 5.10. The van der Waals surface area contributed by atoms with Gasteiger partial charge in [0.1, 0.15) is 5.54 Å². The highest BCUT2D eigenvalue weighted by atomic mass is 35.5. The van der Waals surface area contributed by atoms with Crippen LogP contribution in [0.5, 0.6) is 0 Å². The van der Waals surface area contributed by atoms with Gasteiger partial charge in [-0.05, 0) is 0 Å². The van der Waals surface area contributed by atoms with Crippen molar-refractivity contribution in [2.75, 3.05) is 6.54 Å². The smallest absolute Gasteiger partial charge is 0.329 e. The van der Waals surface area contributed by atoms with E-state index in [1.165, 1.54) is 0 Å². The summed E-state index contributed by atoms with van der Waals surface area (Å²) in [5.74, 6) is -5.29. The molecule has 0 radical (unpaired) electrons. The minimum Gasteiger partial charge on any atom is -0.481 e. The Bertz CT molecular complexity index is 445. The first-order chi connectivity index (χ1) is 8.85. The molecule has 2 fully saturated rings. The van der Waals surface area contributed by atoms with Gasteiger partial charge >= 0.3 is 11.9 Å². The van der Waals surface area contributed by atoms with Gasteiger partial charge in [0.15, 0.2) is 0 Å². The number of aliphatic carboxylic acids is 2. The van der Waals surface area contributed by atoms with E-state index in [1.54, 1.807) is 0 Å². The molecular weight excluding hydrogens is 292 g/mol. The largest absolute Gasteiger partial charge is 0.481 e. The highest BCUT2D eigenvalue weighted by Gasteiger charge is 2.75. The standard InChI is InChI=1S/C11H16N2O6.ClH/c12-2-1-5(15)13-11(10(18)19)3-4(14)6-7(8(6)11)9(16)17;/h4,6-8,14H,1-3,12H2,(H,13,15)(H,16,17)(H,18,19);1H/t4-,6-,7-,8-,11-;/m0./s1. The number of aliphatic hydroxyl groups excluding tert-OH is 1. The molecule has 1 amide bonds. The number of fused-ring (bicyclic) bond motifs is 1. The summed E-state index contributed by atoms with van der Waals surface area (Å²) in [5.41, 5.74) is 3.52. The summed E-state index contributed by atoms with van der Waals surface area (Å²) in [6, 6.07) is 0. The fourth-order valence-corrected chi connectivity index (χ4v) is 3.23. The molecule has 0 heterocycles. The fraction of sp³-hybridized carbons (Fsp3) is 0.727. The van der Waals surface area contributed by atoms with Crippen LogP contribution >= 0.6 is 12.4 Å². The molecule has 0 bridgehead atoms. The maximum absolute atomic E-state index is 11.6. The number of nitrogens with one attached hydrogen (secondary N) is 1. The second kappa shape index (κ2) is 5.55. The zero-order valence-corrected chi connectivity index (χ0v) is 11.3. The number of hydrogen-bond donors (Lipinski definition) is 5. The number of hydrogen-bond acceptors (Lipinski definition) is 5. The van der Waals surface area contributed by atoms with Crippen molar-refractivity contribution in [1.82, 2.24) is 5.32 Å². The van der Waals surface area contributed by atoms with Crippen molar-refractivity contribution in [3.63, 3.8) is 0 Å². The van der Waals surface area contributed by atoms with Gasteiger partial charge in [-0.25, -0.2) is 4.79 Å². The molecule has 0 aromatic carbocycles. The topological polar surface area (TPSA) is 150 Å². The molecule has 8 nitrogen and oxygen atoms in total. The Hall–Kier alpha value is -1.38. The average Bonchev–Trinajstić information content (AvgIpc) is 2.97. The molecule has 2 aliphatic carbocycles. The van der Waals surface area contributed by atoms with Gasteiger partial charge in [-0.3, -0.25) is 9.59 Å². The van der Waals surface area contributed by atoms with Crippen LogP contribution in [-0.2, 0) is 14.4 Å². The van der Waals surface area contributed by atoms with Crippen LogP contribution in [-0.4, -0.2) is 51.4 Å². The lowest BCUT2D eigenvalue weighted by molar-refractivity contribution is -0.150. The third-order valence-corrected chi connectivity index (χ3v) is 4.02. The van der Waals surface area contributed by atoms with E-state index in [-0.39, 0.29) is 31.8 Å². The molecular formula is C11H17ClN2O6. The number of carboxylic acid groups (broad SMARTS) is 2. The van der Waals surface area contributed by atoms with Gasteiger partial charge in [-0.15, -0.1) is 12.4 Å². The number of carbonyl (C=O) groups is 3. The summed E-state index contributed by atoms with van der Waals surface area (Å²) in [4.78, 5) is 34.0. The Labute approximate surface area is 120 Å². The summed E-state index contributed by atoms with van der Waals surface area (Å²) in [6.07, 6.45) is -1.24. The van der Waals surface area contributed by atoms with Gasteiger partial charge in [0.2, 0.25) is 5.91 Å². The summed E-state index contributed by atoms with van der Waals surface area (Å²) in [5, 5.41) is 30.5. The predicted octanol–water partition coefficient (Wildman–Crippen LogP) is -1.59. The van der Waals surface area contributed by atoms with Gasteiger partial charge in [0, 0.05) is 31.2 Å². The molecule has 0 unspecified atom stereocenters. The highest BCUT2D eigenvalue weighted by Crippen LogP contribution is 2.62. The van der Waals surface area contributed by atoms with E-state index in [0.29, 0.717) is 0 Å². The second-order valence-corrected chi connectivity index (χ2v) is 5.10. The lowest BCUT2D eigenvalue weighted by atomic mass is 9.89. The SMILES string of the molecule is Cl.NCCC(=O)N[C@@]1(C(=O)O)C[C@H](O)[C@H]2[C@H](C(=O)O)[C@H]21. The van der Waals surface area contributed by atoms with Crippen LogP contribution in [0.1, 0.15) is 12.8 Å². The summed E-state index contributed by atoms with van der Waals surface area (Å²) < 4.78 is 0. The maximum Gasteiger partial charge on any atom is 0.329 e. The van der Waals surface area contributed by atoms with Crippen molar-refractivity contribution in [2.45, 2.75) is 24.5 Å². The molecule has 20 heavy (non-hydrogen) atoms. The molecule has 0 aliphatic heterocycles. The maximum atomic E-state index is 11.6. The number of rotatable bonds is 5. The van der Waals surface area contributed by atoms with Crippen LogP contribution in [0.3, 0.4) is 0 Å². The van der Waals surface area contributed by atoms with E-state index >= 15 is 0 Å². The van der Waals surface area contributed by atoms with Gasteiger partial charge in [0.05, 0.1) is 12.0 Å². The molecule has 5 atom stereocenters. The molecule has 0 aromatic rings. The lowest BCUT2D eigenvalue weighted by Gasteiger charge is -2.29. The van der Waals surface area contributed by atoms with Gasteiger partial charge in [-0.2, -0.15) is 0 Å². The minimum absolute atomic E-state index is 0. The third kappa shape index (κ3) is 2.34. The molecule has 114 valence electrons. The van der Waals surface area contributed by atoms with E-state index in [9.17, 15) is 24.6 Å². The van der Waals surface area contributed by atoms with E-state index < -0.39 is 47.2 Å². The van der Waals surface area contributed by atoms with Gasteiger partial charge < -0.3 is 26.4 Å². The Kier molecular flexibility index (Phi) is 4.62. The van der Waals surface area contributed by atoms with Crippen LogP contribution in [0.2, 0.25) is 0 Å². The monoisotopic (exact) mass is 308 g/mol. The average molecular weight is 309 g/mol. The first-order valence-electron chi connectivity index (χ1n) is 6.00. The molecule has 0 spiro atoms. The first-order valence-corrected chi connectivity index (χ1v) is 6.00. The molecule has 0 aromatic heterocycles. The Balaban J connectivity index is 0.00000200. The Morgan fingerprint density at radius 1 is 1.30 bits per heavy atom. The quantitative estimate of drug-likeness (QED) is 0.411. The zero-order valence-electron chi connectivity index (χ0n) is 10.5. The van der Waals surface area contributed by atoms with E-state index in [1.807, 2.05) is 0 Å². The fourth-order valence-electron chi connectivity index (χ4n) is 3.23. The van der Waals surface area contributed by atoms with Crippen LogP contribution in [0.15, 0.2) is 0 Å². The number of nitrogens with two attached hydrogens (primary N) is 1. The van der Waals surface area contributed by atoms with Crippen molar-refractivity contribution >= 4 is 30.3 Å². The molecule has 2 saturated carbocycles. The van der Waals surface area contributed by atoms with Crippen molar-refractivity contribution in [3.8, 4) is 0 Å². The van der Waals surface area contributed by atoms with E-state index in [4.69, 9.17) is 10.8 Å². The van der Waals surface area contributed by atoms with E-state index in [0.717, 1.165) is 0 Å². The number of carboxylic acids is 2. The predicted molar refractivity (Wildman–Crippen MR) is 68.2 cm³/mol. The highest BCUT2D eigenvalue weighted by molar-refractivity contribution is 5.91. The number of amides is 1. The van der Waals surface area contributed by atoms with Crippen LogP contribution < -0.4 is 11.1 Å². The normalized spacial score (nSPS) is 37.5. The van der Waals surface area contributed by atoms with Crippen molar-refractivity contribution in [2.24, 2.45) is 23.5 Å². The summed E-state index contributed by atoms with van der Waals surface area (Å²) in [7, 11) is 0.